The molecule has 0 saturated carbocycles. The molecule has 4 nitrogen and oxygen atoms in total. The van der Waals surface area contributed by atoms with Crippen molar-refractivity contribution in [2.45, 2.75) is 31.2 Å². The van der Waals surface area contributed by atoms with Crippen molar-refractivity contribution in [1.29, 1.82) is 0 Å². The van der Waals surface area contributed by atoms with E-state index in [2.05, 4.69) is 21.9 Å². The largest absolute Gasteiger partial charge is 0.493 e. The van der Waals surface area contributed by atoms with Gasteiger partial charge in [0.1, 0.15) is 0 Å². The molecule has 1 N–H and O–H groups in total. The number of aryl methyl sites for hydroxylation is 2. The summed E-state index contributed by atoms with van der Waals surface area (Å²) < 4.78 is 7.42. The van der Waals surface area contributed by atoms with Gasteiger partial charge in [0.05, 0.1) is 25.0 Å². The second-order valence-electron chi connectivity index (χ2n) is 5.29. The molecule has 0 aromatic carbocycles. The number of ether oxygens (including phenoxy) is 1. The van der Waals surface area contributed by atoms with Gasteiger partial charge in [-0.05, 0) is 43.3 Å². The molecule has 2 unspecified atom stereocenters. The molecule has 1 aliphatic rings. The van der Waals surface area contributed by atoms with E-state index in [0.717, 1.165) is 11.4 Å². The third kappa shape index (κ3) is 2.15. The third-order valence-electron chi connectivity index (χ3n) is 4.28. The van der Waals surface area contributed by atoms with Crippen LogP contribution in [0.3, 0.4) is 0 Å². The van der Waals surface area contributed by atoms with Crippen LogP contribution in [0.15, 0.2) is 17.6 Å². The number of thiophene rings is 1. The van der Waals surface area contributed by atoms with Crippen LogP contribution in [0.25, 0.3) is 0 Å². The molecule has 2 heterocycles. The van der Waals surface area contributed by atoms with Gasteiger partial charge in [-0.15, -0.1) is 11.3 Å². The molecule has 3 rings (SSSR count). The number of rotatable bonds is 4. The van der Waals surface area contributed by atoms with Crippen molar-refractivity contribution in [3.63, 3.8) is 0 Å². The summed E-state index contributed by atoms with van der Waals surface area (Å²) in [7, 11) is 5.72. The van der Waals surface area contributed by atoms with Crippen LogP contribution in [0.5, 0.6) is 5.75 Å². The smallest absolute Gasteiger partial charge is 0.161 e. The van der Waals surface area contributed by atoms with Crippen molar-refractivity contribution in [2.75, 3.05) is 14.2 Å². The first-order valence-electron chi connectivity index (χ1n) is 7.05. The first-order valence-corrected chi connectivity index (χ1v) is 7.93. The first kappa shape index (κ1) is 13.6. The monoisotopic (exact) mass is 291 g/mol. The molecule has 2 aromatic rings. The maximum atomic E-state index is 5.49. The van der Waals surface area contributed by atoms with Crippen LogP contribution < -0.4 is 10.1 Å². The van der Waals surface area contributed by atoms with Crippen LogP contribution in [0.1, 0.15) is 40.9 Å². The second kappa shape index (κ2) is 5.58. The summed E-state index contributed by atoms with van der Waals surface area (Å²) in [5.41, 5.74) is 2.64. The summed E-state index contributed by atoms with van der Waals surface area (Å²) in [4.78, 5) is 1.54. The van der Waals surface area contributed by atoms with Crippen LogP contribution in [0.4, 0.5) is 0 Å². The van der Waals surface area contributed by atoms with Gasteiger partial charge in [-0.3, -0.25) is 4.68 Å². The summed E-state index contributed by atoms with van der Waals surface area (Å²) in [6.45, 7) is 0. The van der Waals surface area contributed by atoms with Gasteiger partial charge in [-0.1, -0.05) is 0 Å². The molecule has 5 heteroatoms. The Hall–Kier alpha value is -1.33. The van der Waals surface area contributed by atoms with Crippen molar-refractivity contribution < 1.29 is 4.74 Å². The maximum Gasteiger partial charge on any atom is 0.161 e. The minimum absolute atomic E-state index is 0.242. The topological polar surface area (TPSA) is 39.1 Å². The highest BCUT2D eigenvalue weighted by Crippen LogP contribution is 2.43. The normalized spacial score (nSPS) is 19.6. The minimum Gasteiger partial charge on any atom is -0.493 e. The van der Waals surface area contributed by atoms with Gasteiger partial charge in [0.2, 0.25) is 0 Å². The summed E-state index contributed by atoms with van der Waals surface area (Å²) in [6, 6.07) is 2.53. The van der Waals surface area contributed by atoms with Crippen molar-refractivity contribution >= 4 is 11.3 Å². The van der Waals surface area contributed by atoms with Gasteiger partial charge in [-0.2, -0.15) is 5.10 Å². The van der Waals surface area contributed by atoms with Crippen molar-refractivity contribution in [3.05, 3.63) is 33.8 Å². The molecular formula is C15H21N3OS. The lowest BCUT2D eigenvalue weighted by Gasteiger charge is -2.31. The van der Waals surface area contributed by atoms with E-state index >= 15 is 0 Å². The van der Waals surface area contributed by atoms with Crippen molar-refractivity contribution in [1.82, 2.24) is 15.1 Å². The Labute approximate surface area is 123 Å². The van der Waals surface area contributed by atoms with Crippen molar-refractivity contribution in [2.24, 2.45) is 7.05 Å². The fraction of sp³-hybridized carbons (Fsp3) is 0.533. The predicted octanol–water partition coefficient (Wildman–Crippen LogP) is 2.87. The number of nitrogens with one attached hydrogen (secondary N) is 1. The third-order valence-corrected chi connectivity index (χ3v) is 5.27. The second-order valence-corrected chi connectivity index (χ2v) is 6.29. The predicted molar refractivity (Wildman–Crippen MR) is 81.6 cm³/mol. The van der Waals surface area contributed by atoms with Crippen LogP contribution in [-0.2, 0) is 13.5 Å². The molecule has 0 fully saturated rings. The zero-order valence-corrected chi connectivity index (χ0v) is 13.0. The van der Waals surface area contributed by atoms with E-state index < -0.39 is 0 Å². The fourth-order valence-corrected chi connectivity index (χ4v) is 4.33. The van der Waals surface area contributed by atoms with Crippen LogP contribution in [-0.4, -0.2) is 23.9 Å². The highest BCUT2D eigenvalue weighted by molar-refractivity contribution is 7.10. The lowest BCUT2D eigenvalue weighted by Crippen LogP contribution is -2.28. The van der Waals surface area contributed by atoms with Gasteiger partial charge in [-0.25, -0.2) is 0 Å². The average molecular weight is 291 g/mol. The zero-order chi connectivity index (χ0) is 14.1. The Bertz CT molecular complexity index is 590. The number of aromatic nitrogens is 2. The standard InChI is InChI=1S/C15H21N3OS/c1-16-14(15-12(19-3)9-17-18(15)2)11-5-4-6-13-10(11)7-8-20-13/h7-9,11,14,16H,4-6H2,1-3H3. The summed E-state index contributed by atoms with van der Waals surface area (Å²) >= 11 is 1.89. The summed E-state index contributed by atoms with van der Waals surface area (Å²) in [5, 5.41) is 10.1. The summed E-state index contributed by atoms with van der Waals surface area (Å²) in [6.07, 6.45) is 5.50. The fourth-order valence-electron chi connectivity index (χ4n) is 3.34. The zero-order valence-electron chi connectivity index (χ0n) is 12.2. The SMILES string of the molecule is CNC(c1c(OC)cnn1C)C1CCCc2sccc21. The first-order chi connectivity index (χ1) is 9.76. The number of likely N-dealkylation sites (N-methyl/N-ethyl adjacent to an activating group) is 1. The van der Waals surface area contributed by atoms with Crippen LogP contribution in [0.2, 0.25) is 0 Å². The van der Waals surface area contributed by atoms with Gasteiger partial charge in [0.25, 0.3) is 0 Å². The molecule has 0 aliphatic heterocycles. The van der Waals surface area contributed by atoms with E-state index in [-0.39, 0.29) is 6.04 Å². The molecule has 0 radical (unpaired) electrons. The molecule has 2 aromatic heterocycles. The lowest BCUT2D eigenvalue weighted by molar-refractivity contribution is 0.369. The Morgan fingerprint density at radius 3 is 3.15 bits per heavy atom. The van der Waals surface area contributed by atoms with E-state index in [9.17, 15) is 0 Å². The Morgan fingerprint density at radius 2 is 2.40 bits per heavy atom. The molecular weight excluding hydrogens is 270 g/mol. The van der Waals surface area contributed by atoms with E-state index in [1.807, 2.05) is 30.1 Å². The summed E-state index contributed by atoms with van der Waals surface area (Å²) in [5.74, 6) is 1.37. The number of hydrogen-bond donors (Lipinski definition) is 1. The molecule has 0 amide bonds. The Balaban J connectivity index is 2.01. The Kier molecular flexibility index (Phi) is 3.81. The molecule has 2 atom stereocenters. The quantitative estimate of drug-likeness (QED) is 0.941. The van der Waals surface area contributed by atoms with E-state index in [1.165, 1.54) is 24.8 Å². The van der Waals surface area contributed by atoms with E-state index in [0.29, 0.717) is 5.92 Å². The van der Waals surface area contributed by atoms with Gasteiger partial charge < -0.3 is 10.1 Å². The number of fused-ring (bicyclic) bond motifs is 1. The molecule has 0 spiro atoms. The molecule has 108 valence electrons. The molecule has 0 saturated heterocycles. The lowest BCUT2D eigenvalue weighted by atomic mass is 9.81. The molecule has 0 bridgehead atoms. The van der Waals surface area contributed by atoms with Gasteiger partial charge in [0.15, 0.2) is 5.75 Å². The number of nitrogens with zero attached hydrogens (tertiary/aromatic N) is 2. The highest BCUT2D eigenvalue weighted by Gasteiger charge is 2.32. The van der Waals surface area contributed by atoms with Crippen LogP contribution >= 0.6 is 11.3 Å². The van der Waals surface area contributed by atoms with Crippen LogP contribution in [0, 0.1) is 0 Å². The number of methoxy groups -OCH3 is 1. The number of hydrogen-bond acceptors (Lipinski definition) is 4. The maximum absolute atomic E-state index is 5.49. The van der Waals surface area contributed by atoms with Crippen molar-refractivity contribution in [3.8, 4) is 5.75 Å². The van der Waals surface area contributed by atoms with E-state index in [4.69, 9.17) is 4.74 Å². The van der Waals surface area contributed by atoms with Gasteiger partial charge >= 0.3 is 0 Å². The molecule has 1 aliphatic carbocycles. The highest BCUT2D eigenvalue weighted by atomic mass is 32.1. The Morgan fingerprint density at radius 1 is 1.55 bits per heavy atom. The average Bonchev–Trinajstić information content (AvgIpc) is 3.07. The van der Waals surface area contributed by atoms with Gasteiger partial charge in [0, 0.05) is 17.8 Å². The molecule has 20 heavy (non-hydrogen) atoms. The minimum atomic E-state index is 0.242. The van der Waals surface area contributed by atoms with E-state index in [1.54, 1.807) is 18.2 Å².